The molecule has 2 heteroatoms. The zero-order chi connectivity index (χ0) is 12.7. The van der Waals surface area contributed by atoms with Crippen LogP contribution >= 0.6 is 0 Å². The van der Waals surface area contributed by atoms with E-state index in [1.165, 1.54) is 10.9 Å². The van der Waals surface area contributed by atoms with Gasteiger partial charge in [0.2, 0.25) is 0 Å². The summed E-state index contributed by atoms with van der Waals surface area (Å²) in [4.78, 5) is 4.53. The molecule has 0 spiro atoms. The van der Waals surface area contributed by atoms with E-state index in [9.17, 15) is 5.11 Å². The first-order valence-electron chi connectivity index (χ1n) is 6.70. The summed E-state index contributed by atoms with van der Waals surface area (Å²) in [7, 11) is 0. The van der Waals surface area contributed by atoms with Crippen molar-refractivity contribution in [2.45, 2.75) is 38.7 Å². The van der Waals surface area contributed by atoms with Crippen molar-refractivity contribution in [2.24, 2.45) is 5.92 Å². The molecule has 0 saturated heterocycles. The largest absolute Gasteiger partial charge is 0.393 e. The van der Waals surface area contributed by atoms with Crippen LogP contribution in [0.15, 0.2) is 30.3 Å². The van der Waals surface area contributed by atoms with Crippen molar-refractivity contribution in [1.82, 2.24) is 4.98 Å². The molecule has 1 aliphatic rings. The number of aliphatic hydroxyl groups excluding tert-OH is 1. The molecule has 3 atom stereocenters. The molecule has 2 nitrogen and oxygen atoms in total. The Labute approximate surface area is 108 Å². The number of nitrogens with zero attached hydrogens (tertiary/aromatic N) is 1. The smallest absolute Gasteiger partial charge is 0.0705 e. The number of aryl methyl sites for hydroxylation is 1. The number of hydrogen-bond donors (Lipinski definition) is 1. The van der Waals surface area contributed by atoms with Crippen molar-refractivity contribution in [2.75, 3.05) is 0 Å². The Hall–Kier alpha value is -1.41. The molecule has 1 heterocycles. The van der Waals surface area contributed by atoms with Crippen LogP contribution in [0.5, 0.6) is 0 Å². The zero-order valence-corrected chi connectivity index (χ0v) is 10.9. The topological polar surface area (TPSA) is 33.1 Å². The fourth-order valence-corrected chi connectivity index (χ4v) is 3.09. The molecule has 0 bridgehead atoms. The van der Waals surface area contributed by atoms with E-state index < -0.39 is 0 Å². The van der Waals surface area contributed by atoms with Crippen LogP contribution in [0.4, 0.5) is 0 Å². The summed E-state index contributed by atoms with van der Waals surface area (Å²) in [5.74, 6) is 0.853. The minimum atomic E-state index is -0.137. The van der Waals surface area contributed by atoms with Crippen molar-refractivity contribution < 1.29 is 5.11 Å². The minimum absolute atomic E-state index is 0.137. The highest BCUT2D eigenvalue weighted by atomic mass is 16.3. The summed E-state index contributed by atoms with van der Waals surface area (Å²) >= 11 is 0. The quantitative estimate of drug-likeness (QED) is 0.830. The predicted molar refractivity (Wildman–Crippen MR) is 73.6 cm³/mol. The third-order valence-electron chi connectivity index (χ3n) is 4.30. The summed E-state index contributed by atoms with van der Waals surface area (Å²) in [6, 6.07) is 10.7. The molecule has 0 aliphatic heterocycles. The van der Waals surface area contributed by atoms with Gasteiger partial charge >= 0.3 is 0 Å². The lowest BCUT2D eigenvalue weighted by molar-refractivity contribution is 0.136. The van der Waals surface area contributed by atoms with E-state index >= 15 is 0 Å². The number of aliphatic hydroxyl groups is 1. The summed E-state index contributed by atoms with van der Waals surface area (Å²) in [6.45, 7) is 4.17. The standard InChI is InChI=1S/C16H19NO/c1-10-3-4-13-9-12(5-7-15(13)17-10)14-6-8-16(18)11(14)2/h3-5,7,9,11,14,16,18H,6,8H2,1-2H3. The summed E-state index contributed by atoms with van der Waals surface area (Å²) < 4.78 is 0. The second-order valence-electron chi connectivity index (χ2n) is 5.52. The molecule has 94 valence electrons. The highest BCUT2D eigenvalue weighted by Crippen LogP contribution is 2.40. The Morgan fingerprint density at radius 2 is 2.00 bits per heavy atom. The number of rotatable bonds is 1. The van der Waals surface area contributed by atoms with Crippen LogP contribution < -0.4 is 0 Å². The molecule has 1 fully saturated rings. The minimum Gasteiger partial charge on any atom is -0.393 e. The average molecular weight is 241 g/mol. The first-order valence-corrected chi connectivity index (χ1v) is 6.70. The van der Waals surface area contributed by atoms with Gasteiger partial charge in [-0.2, -0.15) is 0 Å². The van der Waals surface area contributed by atoms with Crippen LogP contribution in [-0.4, -0.2) is 16.2 Å². The van der Waals surface area contributed by atoms with E-state index in [1.807, 2.05) is 6.92 Å². The van der Waals surface area contributed by atoms with Gasteiger partial charge in [0.1, 0.15) is 0 Å². The van der Waals surface area contributed by atoms with Gasteiger partial charge in [0.05, 0.1) is 11.6 Å². The predicted octanol–water partition coefficient (Wildman–Crippen LogP) is 3.42. The molecule has 3 unspecified atom stereocenters. The average Bonchev–Trinajstić information content (AvgIpc) is 2.69. The molecule has 0 radical (unpaired) electrons. The molecule has 3 rings (SSSR count). The van der Waals surface area contributed by atoms with Crippen molar-refractivity contribution in [3.05, 3.63) is 41.6 Å². The highest BCUT2D eigenvalue weighted by molar-refractivity contribution is 5.79. The van der Waals surface area contributed by atoms with Crippen LogP contribution in [0.3, 0.4) is 0 Å². The number of hydrogen-bond acceptors (Lipinski definition) is 2. The Morgan fingerprint density at radius 1 is 1.17 bits per heavy atom. The fourth-order valence-electron chi connectivity index (χ4n) is 3.09. The van der Waals surface area contributed by atoms with Gasteiger partial charge in [-0.15, -0.1) is 0 Å². The summed E-state index contributed by atoms with van der Waals surface area (Å²) in [5.41, 5.74) is 3.46. The van der Waals surface area contributed by atoms with Crippen LogP contribution in [0.25, 0.3) is 10.9 Å². The third kappa shape index (κ3) is 1.91. The number of aromatic nitrogens is 1. The van der Waals surface area contributed by atoms with E-state index in [0.717, 1.165) is 24.1 Å². The maximum atomic E-state index is 9.87. The molecule has 0 amide bonds. The second kappa shape index (κ2) is 4.36. The monoisotopic (exact) mass is 241 g/mol. The molecule has 1 saturated carbocycles. The lowest BCUT2D eigenvalue weighted by atomic mass is 9.89. The van der Waals surface area contributed by atoms with E-state index in [4.69, 9.17) is 0 Å². The molecular formula is C16H19NO. The van der Waals surface area contributed by atoms with Crippen molar-refractivity contribution in [1.29, 1.82) is 0 Å². The Bertz CT molecular complexity index is 578. The molecular weight excluding hydrogens is 222 g/mol. The van der Waals surface area contributed by atoms with Gasteiger partial charge in [-0.3, -0.25) is 4.98 Å². The maximum Gasteiger partial charge on any atom is 0.0705 e. The molecule has 1 aromatic carbocycles. The summed E-state index contributed by atoms with van der Waals surface area (Å²) in [5, 5.41) is 11.1. The van der Waals surface area contributed by atoms with Crippen molar-refractivity contribution in [3.63, 3.8) is 0 Å². The van der Waals surface area contributed by atoms with Crippen LogP contribution in [-0.2, 0) is 0 Å². The lowest BCUT2D eigenvalue weighted by Crippen LogP contribution is -2.14. The zero-order valence-electron chi connectivity index (χ0n) is 10.9. The number of benzene rings is 1. The normalized spacial score (nSPS) is 27.8. The second-order valence-corrected chi connectivity index (χ2v) is 5.52. The first-order chi connectivity index (χ1) is 8.65. The summed E-state index contributed by atoms with van der Waals surface area (Å²) in [6.07, 6.45) is 1.88. The van der Waals surface area contributed by atoms with Gasteiger partial charge in [0.15, 0.2) is 0 Å². The van der Waals surface area contributed by atoms with Gasteiger partial charge < -0.3 is 5.11 Å². The van der Waals surface area contributed by atoms with Crippen LogP contribution in [0.2, 0.25) is 0 Å². The van der Waals surface area contributed by atoms with Crippen LogP contribution in [0.1, 0.15) is 36.9 Å². The molecule has 1 aliphatic carbocycles. The lowest BCUT2D eigenvalue weighted by Gasteiger charge is -2.18. The van der Waals surface area contributed by atoms with Gasteiger partial charge in [-0.25, -0.2) is 0 Å². The van der Waals surface area contributed by atoms with Gasteiger partial charge in [0.25, 0.3) is 0 Å². The molecule has 2 aromatic rings. The fraction of sp³-hybridized carbons (Fsp3) is 0.438. The SMILES string of the molecule is Cc1ccc2cc(C3CCC(O)C3C)ccc2n1. The molecule has 1 aromatic heterocycles. The van der Waals surface area contributed by atoms with Gasteiger partial charge in [-0.05, 0) is 55.4 Å². The van der Waals surface area contributed by atoms with E-state index in [1.54, 1.807) is 0 Å². The Morgan fingerprint density at radius 3 is 2.72 bits per heavy atom. The Kier molecular flexibility index (Phi) is 2.83. The highest BCUT2D eigenvalue weighted by Gasteiger charge is 2.32. The third-order valence-corrected chi connectivity index (χ3v) is 4.30. The first kappa shape index (κ1) is 11.7. The van der Waals surface area contributed by atoms with Crippen molar-refractivity contribution in [3.8, 4) is 0 Å². The molecule has 1 N–H and O–H groups in total. The number of pyridine rings is 1. The van der Waals surface area contributed by atoms with Gasteiger partial charge in [0, 0.05) is 11.1 Å². The van der Waals surface area contributed by atoms with E-state index in [-0.39, 0.29) is 6.10 Å². The van der Waals surface area contributed by atoms with Crippen molar-refractivity contribution >= 4 is 10.9 Å². The number of fused-ring (bicyclic) bond motifs is 1. The maximum absolute atomic E-state index is 9.87. The van der Waals surface area contributed by atoms with E-state index in [0.29, 0.717) is 11.8 Å². The molecule has 18 heavy (non-hydrogen) atoms. The Balaban J connectivity index is 2.01. The van der Waals surface area contributed by atoms with Gasteiger partial charge in [-0.1, -0.05) is 19.1 Å². The van der Waals surface area contributed by atoms with E-state index in [2.05, 4.69) is 42.2 Å². The van der Waals surface area contributed by atoms with Crippen LogP contribution in [0, 0.1) is 12.8 Å².